The zero-order valence-electron chi connectivity index (χ0n) is 7.12. The third-order valence-electron chi connectivity index (χ3n) is 2.42. The van der Waals surface area contributed by atoms with E-state index in [4.69, 9.17) is 5.73 Å². The number of nitrogens with zero attached hydrogens (tertiary/aromatic N) is 1. The number of hydrogen-bond donors (Lipinski definition) is 2. The van der Waals surface area contributed by atoms with Crippen LogP contribution in [-0.2, 0) is 4.79 Å². The van der Waals surface area contributed by atoms with Gasteiger partial charge in [0, 0.05) is 6.54 Å². The predicted molar refractivity (Wildman–Crippen MR) is 45.9 cm³/mol. The van der Waals surface area contributed by atoms with Gasteiger partial charge in [-0.3, -0.25) is 4.79 Å². The normalized spacial score (nSPS) is 18.2. The average molecular weight is 181 g/mol. The molecule has 5 nitrogen and oxygen atoms in total. The van der Waals surface area contributed by atoms with Crippen molar-refractivity contribution in [3.63, 3.8) is 0 Å². The molecule has 1 saturated carbocycles. The Hall–Kier alpha value is -1.36. The average Bonchev–Trinajstić information content (AvgIpc) is 2.79. The number of amides is 1. The molecule has 0 radical (unpaired) electrons. The summed E-state index contributed by atoms with van der Waals surface area (Å²) < 4.78 is 4.59. The molecule has 1 aromatic heterocycles. The van der Waals surface area contributed by atoms with E-state index in [0.29, 0.717) is 12.2 Å². The lowest BCUT2D eigenvalue weighted by atomic mass is 10.1. The van der Waals surface area contributed by atoms with Gasteiger partial charge in [0.25, 0.3) is 0 Å². The molecule has 2 rings (SSSR count). The summed E-state index contributed by atoms with van der Waals surface area (Å²) in [5, 5.41) is 6.18. The number of aromatic nitrogens is 1. The lowest BCUT2D eigenvalue weighted by Gasteiger charge is -2.10. The minimum absolute atomic E-state index is 0.0294. The van der Waals surface area contributed by atoms with Gasteiger partial charge in [-0.2, -0.15) is 0 Å². The van der Waals surface area contributed by atoms with Crippen LogP contribution in [0, 0.1) is 5.41 Å². The highest BCUT2D eigenvalue weighted by Gasteiger charge is 2.48. The molecule has 0 bridgehead atoms. The molecule has 70 valence electrons. The largest absolute Gasteiger partial charge is 0.363 e. The molecule has 1 amide bonds. The molecule has 0 unspecified atom stereocenters. The zero-order valence-corrected chi connectivity index (χ0v) is 7.12. The Morgan fingerprint density at radius 2 is 2.54 bits per heavy atom. The van der Waals surface area contributed by atoms with Crippen LogP contribution in [0.4, 0.5) is 5.69 Å². The molecule has 13 heavy (non-hydrogen) atoms. The van der Waals surface area contributed by atoms with Crippen LogP contribution in [0.3, 0.4) is 0 Å². The lowest BCUT2D eigenvalue weighted by molar-refractivity contribution is -0.120. The van der Waals surface area contributed by atoms with Crippen molar-refractivity contribution in [3.05, 3.63) is 12.5 Å². The molecule has 0 atom stereocenters. The maximum absolute atomic E-state index is 11.6. The summed E-state index contributed by atoms with van der Waals surface area (Å²) >= 11 is 0. The molecule has 0 aromatic carbocycles. The standard InChI is InChI=1S/C8H11N3O2/c9-5-8(1-2-8)7(12)11-6-3-10-13-4-6/h3-4H,1-2,5,9H2,(H,11,12). The van der Waals surface area contributed by atoms with E-state index in [-0.39, 0.29) is 11.3 Å². The predicted octanol–water partition coefficient (Wildman–Crippen LogP) is 0.352. The number of rotatable bonds is 3. The summed E-state index contributed by atoms with van der Waals surface area (Å²) in [6.45, 7) is 0.407. The van der Waals surface area contributed by atoms with Crippen LogP contribution in [0.2, 0.25) is 0 Å². The molecular weight excluding hydrogens is 170 g/mol. The smallest absolute Gasteiger partial charge is 0.231 e. The first kappa shape index (κ1) is 8.25. The number of nitrogens with two attached hydrogens (primary N) is 1. The molecule has 0 spiro atoms. The Labute approximate surface area is 75.3 Å². The van der Waals surface area contributed by atoms with Gasteiger partial charge in [-0.15, -0.1) is 0 Å². The van der Waals surface area contributed by atoms with Gasteiger partial charge in [-0.1, -0.05) is 5.16 Å². The van der Waals surface area contributed by atoms with Crippen molar-refractivity contribution >= 4 is 11.6 Å². The Kier molecular flexibility index (Phi) is 1.81. The topological polar surface area (TPSA) is 81.2 Å². The Bertz CT molecular complexity index is 303. The van der Waals surface area contributed by atoms with Crippen molar-refractivity contribution in [2.75, 3.05) is 11.9 Å². The molecule has 1 aliphatic rings. The van der Waals surface area contributed by atoms with Crippen LogP contribution in [0.5, 0.6) is 0 Å². The van der Waals surface area contributed by atoms with Crippen LogP contribution in [0.1, 0.15) is 12.8 Å². The maximum Gasteiger partial charge on any atom is 0.231 e. The minimum Gasteiger partial charge on any atom is -0.363 e. The van der Waals surface area contributed by atoms with Gasteiger partial charge >= 0.3 is 0 Å². The summed E-state index contributed by atoms with van der Waals surface area (Å²) in [5.41, 5.74) is 5.76. The fourth-order valence-electron chi connectivity index (χ4n) is 1.21. The fraction of sp³-hybridized carbons (Fsp3) is 0.500. The highest BCUT2D eigenvalue weighted by atomic mass is 16.5. The fourth-order valence-corrected chi connectivity index (χ4v) is 1.21. The first-order valence-corrected chi connectivity index (χ1v) is 4.18. The number of nitrogens with one attached hydrogen (secondary N) is 1. The molecule has 1 fully saturated rings. The van der Waals surface area contributed by atoms with Gasteiger partial charge < -0.3 is 15.6 Å². The third-order valence-corrected chi connectivity index (χ3v) is 2.42. The molecule has 5 heteroatoms. The van der Waals surface area contributed by atoms with E-state index in [1.807, 2.05) is 0 Å². The van der Waals surface area contributed by atoms with Crippen LogP contribution in [0.15, 0.2) is 17.0 Å². The van der Waals surface area contributed by atoms with Gasteiger partial charge in [0.2, 0.25) is 5.91 Å². The number of carbonyl (C=O) groups excluding carboxylic acids is 1. The van der Waals surface area contributed by atoms with E-state index in [9.17, 15) is 4.79 Å². The quantitative estimate of drug-likeness (QED) is 0.705. The second kappa shape index (κ2) is 2.85. The van der Waals surface area contributed by atoms with Gasteiger partial charge in [0.05, 0.1) is 11.6 Å². The second-order valence-electron chi connectivity index (χ2n) is 3.35. The third kappa shape index (κ3) is 1.42. The summed E-state index contributed by atoms with van der Waals surface area (Å²) in [4.78, 5) is 11.6. The molecule has 3 N–H and O–H groups in total. The van der Waals surface area contributed by atoms with Gasteiger partial charge in [-0.05, 0) is 12.8 Å². The minimum atomic E-state index is -0.322. The number of anilines is 1. The highest BCUT2D eigenvalue weighted by Crippen LogP contribution is 2.45. The van der Waals surface area contributed by atoms with Crippen molar-refractivity contribution in [2.45, 2.75) is 12.8 Å². The van der Waals surface area contributed by atoms with Gasteiger partial charge in [0.15, 0.2) is 0 Å². The second-order valence-corrected chi connectivity index (χ2v) is 3.35. The summed E-state index contributed by atoms with van der Waals surface area (Å²) in [5.74, 6) is -0.0294. The molecule has 1 aromatic rings. The molecule has 1 aliphatic carbocycles. The van der Waals surface area contributed by atoms with Gasteiger partial charge in [-0.25, -0.2) is 0 Å². The van der Waals surface area contributed by atoms with E-state index >= 15 is 0 Å². The monoisotopic (exact) mass is 181 g/mol. The van der Waals surface area contributed by atoms with E-state index < -0.39 is 0 Å². The summed E-state index contributed by atoms with van der Waals surface area (Å²) in [6.07, 6.45) is 4.61. The number of carbonyl (C=O) groups is 1. The van der Waals surface area contributed by atoms with Crippen LogP contribution >= 0.6 is 0 Å². The van der Waals surface area contributed by atoms with E-state index in [0.717, 1.165) is 12.8 Å². The first-order valence-electron chi connectivity index (χ1n) is 4.18. The number of hydrogen-bond acceptors (Lipinski definition) is 4. The Morgan fingerprint density at radius 3 is 3.00 bits per heavy atom. The molecule has 0 saturated heterocycles. The highest BCUT2D eigenvalue weighted by molar-refractivity contribution is 5.97. The van der Waals surface area contributed by atoms with Gasteiger partial charge in [0.1, 0.15) is 12.0 Å². The van der Waals surface area contributed by atoms with Crippen LogP contribution < -0.4 is 11.1 Å². The first-order chi connectivity index (χ1) is 6.27. The molecule has 1 heterocycles. The Balaban J connectivity index is 2.00. The van der Waals surface area contributed by atoms with Crippen LogP contribution in [0.25, 0.3) is 0 Å². The summed E-state index contributed by atoms with van der Waals surface area (Å²) in [6, 6.07) is 0. The molecular formula is C8H11N3O2. The van der Waals surface area contributed by atoms with Crippen LogP contribution in [-0.4, -0.2) is 17.6 Å². The summed E-state index contributed by atoms with van der Waals surface area (Å²) in [7, 11) is 0. The van der Waals surface area contributed by atoms with Crippen molar-refractivity contribution in [1.29, 1.82) is 0 Å². The van der Waals surface area contributed by atoms with Crippen molar-refractivity contribution in [3.8, 4) is 0 Å². The Morgan fingerprint density at radius 1 is 1.77 bits per heavy atom. The molecule has 0 aliphatic heterocycles. The van der Waals surface area contributed by atoms with E-state index in [1.165, 1.54) is 12.5 Å². The lowest BCUT2D eigenvalue weighted by Crippen LogP contribution is -2.30. The van der Waals surface area contributed by atoms with Crippen molar-refractivity contribution < 1.29 is 9.32 Å². The maximum atomic E-state index is 11.6. The van der Waals surface area contributed by atoms with Crippen molar-refractivity contribution in [1.82, 2.24) is 5.16 Å². The van der Waals surface area contributed by atoms with E-state index in [2.05, 4.69) is 15.0 Å². The van der Waals surface area contributed by atoms with E-state index in [1.54, 1.807) is 0 Å². The SMILES string of the molecule is NCC1(C(=O)Nc2cnoc2)CC1. The zero-order chi connectivity index (χ0) is 9.31. The van der Waals surface area contributed by atoms with Crippen molar-refractivity contribution in [2.24, 2.45) is 11.1 Å².